The van der Waals surface area contributed by atoms with Crippen molar-refractivity contribution in [3.63, 3.8) is 0 Å². The summed E-state index contributed by atoms with van der Waals surface area (Å²) in [6.07, 6.45) is 5.07. The first-order chi connectivity index (χ1) is 21.9. The Hall–Kier alpha value is -4.97. The van der Waals surface area contributed by atoms with E-state index >= 15 is 0 Å². The lowest BCUT2D eigenvalue weighted by Gasteiger charge is -2.16. The highest BCUT2D eigenvalue weighted by Crippen LogP contribution is 2.49. The number of benzene rings is 1. The molecule has 1 aliphatic carbocycles. The third-order valence-electron chi connectivity index (χ3n) is 8.62. The van der Waals surface area contributed by atoms with Crippen molar-refractivity contribution in [1.82, 2.24) is 30.4 Å². The van der Waals surface area contributed by atoms with Crippen molar-refractivity contribution in [2.75, 3.05) is 6.54 Å². The van der Waals surface area contributed by atoms with Gasteiger partial charge in [-0.15, -0.1) is 21.5 Å². The summed E-state index contributed by atoms with van der Waals surface area (Å²) in [7, 11) is 0. The zero-order chi connectivity index (χ0) is 30.7. The fourth-order valence-corrected chi connectivity index (χ4v) is 7.56. The van der Waals surface area contributed by atoms with E-state index in [1.54, 1.807) is 31.3 Å². The maximum atomic E-state index is 13.9. The fourth-order valence-electron chi connectivity index (χ4n) is 6.60. The van der Waals surface area contributed by atoms with Gasteiger partial charge in [-0.3, -0.25) is 19.6 Å². The number of carbonyl (C=O) groups excluding carboxylic acids is 2. The maximum Gasteiger partial charge on any atom is 0.261 e. The molecule has 0 bridgehead atoms. The molecule has 0 spiro atoms. The van der Waals surface area contributed by atoms with Gasteiger partial charge in [0.25, 0.3) is 11.8 Å². The molecule has 8 rings (SSSR count). The van der Waals surface area contributed by atoms with Crippen LogP contribution in [0, 0.1) is 12.7 Å². The molecule has 0 radical (unpaired) electrons. The topological polar surface area (TPSA) is 123 Å². The van der Waals surface area contributed by atoms with Gasteiger partial charge in [-0.1, -0.05) is 6.07 Å². The predicted molar refractivity (Wildman–Crippen MR) is 162 cm³/mol. The van der Waals surface area contributed by atoms with Gasteiger partial charge in [0.2, 0.25) is 11.8 Å². The molecule has 1 fully saturated rings. The number of amides is 2. The lowest BCUT2D eigenvalue weighted by Crippen LogP contribution is -2.26. The molecule has 1 N–H and O–H groups in total. The highest BCUT2D eigenvalue weighted by molar-refractivity contribution is 7.17. The molecular formula is C33H27FN6O4S. The Bertz CT molecular complexity index is 1970. The molecule has 2 amide bonds. The molecule has 2 aliphatic heterocycles. The van der Waals surface area contributed by atoms with Crippen LogP contribution in [0.25, 0.3) is 21.9 Å². The van der Waals surface area contributed by atoms with Crippen LogP contribution < -0.4 is 10.1 Å². The summed E-state index contributed by atoms with van der Waals surface area (Å²) in [6.45, 7) is 2.35. The van der Waals surface area contributed by atoms with Crippen molar-refractivity contribution >= 4 is 23.2 Å². The van der Waals surface area contributed by atoms with Gasteiger partial charge < -0.3 is 19.4 Å². The molecule has 1 saturated heterocycles. The number of ether oxygens (including phenoxy) is 1. The van der Waals surface area contributed by atoms with E-state index in [4.69, 9.17) is 14.1 Å². The average Bonchev–Trinajstić information content (AvgIpc) is 3.88. The first kappa shape index (κ1) is 27.6. The molecule has 10 nitrogen and oxygen atoms in total. The van der Waals surface area contributed by atoms with E-state index in [0.717, 1.165) is 36.9 Å². The van der Waals surface area contributed by atoms with Crippen LogP contribution in [0.15, 0.2) is 59.1 Å². The average molecular weight is 623 g/mol. The highest BCUT2D eigenvalue weighted by Gasteiger charge is 2.45. The molecule has 12 heteroatoms. The minimum Gasteiger partial charge on any atom is -0.487 e. The second kappa shape index (κ2) is 10.9. The second-order valence-corrected chi connectivity index (χ2v) is 12.4. The van der Waals surface area contributed by atoms with Gasteiger partial charge in [0.05, 0.1) is 39.5 Å². The second-order valence-electron chi connectivity index (χ2n) is 11.4. The molecule has 0 saturated carbocycles. The van der Waals surface area contributed by atoms with E-state index < -0.39 is 0 Å². The smallest absolute Gasteiger partial charge is 0.261 e. The van der Waals surface area contributed by atoms with E-state index in [-0.39, 0.29) is 42.2 Å². The van der Waals surface area contributed by atoms with E-state index in [0.29, 0.717) is 56.0 Å². The fraction of sp³-hybridized carbons (Fsp3) is 0.273. The van der Waals surface area contributed by atoms with Crippen molar-refractivity contribution in [2.45, 2.75) is 51.3 Å². The number of thiophene rings is 1. The SMILES string of the molecule is Cc1nnc(-c2c(COc3ccc(F)cc3)nc3c(c2-c2ccc(C(=O)NC4CCc5ncccc54)s2)C(=O)N2CCCC32)o1. The largest absolute Gasteiger partial charge is 0.487 e. The molecule has 4 aromatic heterocycles. The molecular weight excluding hydrogens is 595 g/mol. The standard InChI is InChI=1S/C33H27FN6O4S/c1-17-38-39-32(44-17)27-23(16-43-19-8-6-18(34)7-9-19)36-30-24-5-3-15-40(24)33(42)29(30)28(27)25-12-13-26(45-25)31(41)37-22-11-10-21-20(22)4-2-14-35-21/h2,4,6-9,12-14,22,24H,3,5,10-11,15-16H2,1H3,(H,37,41). The summed E-state index contributed by atoms with van der Waals surface area (Å²) < 4.78 is 25.6. The number of aryl methyl sites for hydroxylation is 2. The Morgan fingerprint density at radius 3 is 2.80 bits per heavy atom. The summed E-state index contributed by atoms with van der Waals surface area (Å²) in [4.78, 5) is 40.0. The van der Waals surface area contributed by atoms with Crippen molar-refractivity contribution in [1.29, 1.82) is 0 Å². The van der Waals surface area contributed by atoms with Crippen LogP contribution in [-0.4, -0.2) is 43.4 Å². The van der Waals surface area contributed by atoms with Crippen LogP contribution in [0.2, 0.25) is 0 Å². The van der Waals surface area contributed by atoms with Crippen LogP contribution in [-0.2, 0) is 13.0 Å². The lowest BCUT2D eigenvalue weighted by molar-refractivity contribution is 0.0776. The first-order valence-electron chi connectivity index (χ1n) is 14.9. The van der Waals surface area contributed by atoms with Gasteiger partial charge in [0.15, 0.2) is 0 Å². The van der Waals surface area contributed by atoms with Gasteiger partial charge in [0.1, 0.15) is 18.2 Å². The third-order valence-corrected chi connectivity index (χ3v) is 9.73. The van der Waals surface area contributed by atoms with Crippen LogP contribution >= 0.6 is 11.3 Å². The quantitative estimate of drug-likeness (QED) is 0.235. The molecule has 5 aromatic rings. The van der Waals surface area contributed by atoms with Crippen molar-refractivity contribution in [3.05, 3.63) is 99.5 Å². The van der Waals surface area contributed by atoms with Crippen molar-refractivity contribution in [3.8, 4) is 27.6 Å². The Labute approximate surface area is 261 Å². The van der Waals surface area contributed by atoms with Gasteiger partial charge in [0, 0.05) is 35.8 Å². The van der Waals surface area contributed by atoms with Gasteiger partial charge in [-0.05, 0) is 73.7 Å². The summed E-state index contributed by atoms with van der Waals surface area (Å²) in [5, 5.41) is 11.5. The number of hydrogen-bond acceptors (Lipinski definition) is 9. The zero-order valence-corrected chi connectivity index (χ0v) is 25.1. The summed E-state index contributed by atoms with van der Waals surface area (Å²) in [5.41, 5.74) is 4.81. The van der Waals surface area contributed by atoms with E-state index in [9.17, 15) is 14.0 Å². The van der Waals surface area contributed by atoms with Crippen LogP contribution in [0.1, 0.15) is 79.9 Å². The molecule has 2 atom stereocenters. The predicted octanol–water partition coefficient (Wildman–Crippen LogP) is 5.99. The van der Waals surface area contributed by atoms with Gasteiger partial charge >= 0.3 is 0 Å². The molecule has 1 aromatic carbocycles. The molecule has 226 valence electrons. The van der Waals surface area contributed by atoms with Crippen molar-refractivity contribution < 1.29 is 23.1 Å². The van der Waals surface area contributed by atoms with Crippen LogP contribution in [0.3, 0.4) is 0 Å². The molecule has 2 unspecified atom stereocenters. The number of rotatable bonds is 7. The van der Waals surface area contributed by atoms with Gasteiger partial charge in [-0.25, -0.2) is 4.39 Å². The molecule has 45 heavy (non-hydrogen) atoms. The number of fused-ring (bicyclic) bond motifs is 4. The van der Waals surface area contributed by atoms with E-state index in [2.05, 4.69) is 20.5 Å². The van der Waals surface area contributed by atoms with Crippen LogP contribution in [0.4, 0.5) is 4.39 Å². The Morgan fingerprint density at radius 2 is 1.98 bits per heavy atom. The van der Waals surface area contributed by atoms with E-state index in [1.807, 2.05) is 23.1 Å². The van der Waals surface area contributed by atoms with E-state index in [1.165, 1.54) is 23.5 Å². The number of nitrogens with zero attached hydrogens (tertiary/aromatic N) is 5. The van der Waals surface area contributed by atoms with Crippen LogP contribution in [0.5, 0.6) is 5.75 Å². The Morgan fingerprint density at radius 1 is 1.11 bits per heavy atom. The van der Waals surface area contributed by atoms with Gasteiger partial charge in [-0.2, -0.15) is 0 Å². The third kappa shape index (κ3) is 4.76. The number of pyridine rings is 2. The minimum atomic E-state index is -0.367. The molecule has 6 heterocycles. The Kier molecular flexibility index (Phi) is 6.67. The monoisotopic (exact) mass is 622 g/mol. The lowest BCUT2D eigenvalue weighted by atomic mass is 9.95. The number of halogens is 1. The molecule has 3 aliphatic rings. The number of aromatic nitrogens is 4. The minimum absolute atomic E-state index is 0.0113. The van der Waals surface area contributed by atoms with Crippen molar-refractivity contribution in [2.24, 2.45) is 0 Å². The number of hydrogen-bond donors (Lipinski definition) is 1. The normalized spacial score (nSPS) is 18.2. The Balaban J connectivity index is 1.23. The number of nitrogens with one attached hydrogen (secondary N) is 1. The first-order valence-corrected chi connectivity index (χ1v) is 15.7. The summed E-state index contributed by atoms with van der Waals surface area (Å²) in [6, 6.07) is 13.0. The maximum absolute atomic E-state index is 13.9. The number of carbonyl (C=O) groups is 2. The zero-order valence-electron chi connectivity index (χ0n) is 24.2. The summed E-state index contributed by atoms with van der Waals surface area (Å²) in [5.74, 6) is 0.351. The summed E-state index contributed by atoms with van der Waals surface area (Å²) >= 11 is 1.30. The highest BCUT2D eigenvalue weighted by atomic mass is 32.1.